The zero-order valence-corrected chi connectivity index (χ0v) is 14.4. The molecule has 22 heavy (non-hydrogen) atoms. The Morgan fingerprint density at radius 1 is 1.32 bits per heavy atom. The smallest absolute Gasteiger partial charge is 0.226 e. The van der Waals surface area contributed by atoms with Gasteiger partial charge in [-0.2, -0.15) is 11.8 Å². The summed E-state index contributed by atoms with van der Waals surface area (Å²) in [7, 11) is 0. The number of benzene rings is 1. The van der Waals surface area contributed by atoms with Gasteiger partial charge in [-0.25, -0.2) is 0 Å². The number of hydrogen-bond acceptors (Lipinski definition) is 3. The highest BCUT2D eigenvalue weighted by Gasteiger charge is 2.34. The lowest BCUT2D eigenvalue weighted by Gasteiger charge is -2.39. The van der Waals surface area contributed by atoms with Crippen LogP contribution in [-0.4, -0.2) is 41.4 Å². The van der Waals surface area contributed by atoms with E-state index in [1.54, 1.807) is 0 Å². The van der Waals surface area contributed by atoms with E-state index in [0.717, 1.165) is 37.4 Å². The summed E-state index contributed by atoms with van der Waals surface area (Å²) in [6.45, 7) is 6.15. The van der Waals surface area contributed by atoms with Gasteiger partial charge in [0.05, 0.1) is 6.04 Å². The topological polar surface area (TPSA) is 32.3 Å². The molecule has 0 radical (unpaired) electrons. The van der Waals surface area contributed by atoms with Crippen LogP contribution in [0.3, 0.4) is 0 Å². The maximum absolute atomic E-state index is 13.0. The molecule has 3 nitrogen and oxygen atoms in total. The Morgan fingerprint density at radius 3 is 2.82 bits per heavy atom. The molecule has 1 N–H and O–H groups in total. The Bertz CT molecular complexity index is 516. The van der Waals surface area contributed by atoms with Crippen molar-refractivity contribution in [2.24, 2.45) is 5.92 Å². The molecule has 0 saturated carbocycles. The Balaban J connectivity index is 1.77. The van der Waals surface area contributed by atoms with Gasteiger partial charge in [0, 0.05) is 30.0 Å². The third kappa shape index (κ3) is 3.49. The fourth-order valence-corrected chi connectivity index (χ4v) is 4.61. The second-order valence-electron chi connectivity index (χ2n) is 6.61. The summed E-state index contributed by atoms with van der Waals surface area (Å²) in [4.78, 5) is 15.2. The van der Waals surface area contributed by atoms with E-state index in [4.69, 9.17) is 0 Å². The number of thioether (sulfide) groups is 1. The maximum Gasteiger partial charge on any atom is 0.226 e. The van der Waals surface area contributed by atoms with E-state index in [2.05, 4.69) is 48.3 Å². The Morgan fingerprint density at radius 2 is 2.09 bits per heavy atom. The molecule has 0 aromatic heterocycles. The molecule has 0 aliphatic carbocycles. The number of nitrogens with one attached hydrogen (secondary N) is 1. The van der Waals surface area contributed by atoms with Gasteiger partial charge in [0.15, 0.2) is 0 Å². The van der Waals surface area contributed by atoms with Gasteiger partial charge < -0.3 is 10.2 Å². The number of carbonyl (C=O) groups excluding carboxylic acids is 1. The van der Waals surface area contributed by atoms with Crippen molar-refractivity contribution in [2.75, 3.05) is 24.6 Å². The van der Waals surface area contributed by atoms with Crippen LogP contribution in [0, 0.1) is 12.8 Å². The van der Waals surface area contributed by atoms with Gasteiger partial charge in [-0.1, -0.05) is 29.8 Å². The quantitative estimate of drug-likeness (QED) is 0.910. The van der Waals surface area contributed by atoms with E-state index in [9.17, 15) is 4.79 Å². The molecular weight excluding hydrogens is 292 g/mol. The largest absolute Gasteiger partial charge is 0.334 e. The van der Waals surface area contributed by atoms with E-state index in [1.165, 1.54) is 11.1 Å². The van der Waals surface area contributed by atoms with Crippen LogP contribution >= 0.6 is 11.8 Å². The predicted octanol–water partition coefficient (Wildman–Crippen LogP) is 3.00. The highest BCUT2D eigenvalue weighted by Crippen LogP contribution is 2.32. The monoisotopic (exact) mass is 318 g/mol. The summed E-state index contributed by atoms with van der Waals surface area (Å²) in [5.41, 5.74) is 2.56. The molecule has 2 fully saturated rings. The van der Waals surface area contributed by atoms with Crippen LogP contribution in [-0.2, 0) is 4.79 Å². The Labute approximate surface area is 137 Å². The lowest BCUT2D eigenvalue weighted by molar-refractivity contribution is -0.138. The van der Waals surface area contributed by atoms with Gasteiger partial charge in [0.2, 0.25) is 5.91 Å². The summed E-state index contributed by atoms with van der Waals surface area (Å²) in [6.07, 6.45) is 1.95. The normalized spacial score (nSPS) is 29.4. The minimum Gasteiger partial charge on any atom is -0.334 e. The third-order valence-corrected chi connectivity index (χ3v) is 5.87. The average Bonchev–Trinajstić information content (AvgIpc) is 2.55. The van der Waals surface area contributed by atoms with Crippen molar-refractivity contribution < 1.29 is 4.79 Å². The van der Waals surface area contributed by atoms with Gasteiger partial charge >= 0.3 is 0 Å². The van der Waals surface area contributed by atoms with Crippen molar-refractivity contribution in [2.45, 2.75) is 38.8 Å². The minimum absolute atomic E-state index is 0.201. The van der Waals surface area contributed by atoms with Crippen molar-refractivity contribution >= 4 is 17.7 Å². The second kappa shape index (κ2) is 7.05. The van der Waals surface area contributed by atoms with Crippen molar-refractivity contribution in [3.05, 3.63) is 35.4 Å². The molecule has 3 rings (SSSR count). The Kier molecular flexibility index (Phi) is 5.09. The SMILES string of the molecule is Cc1ccc(C2CSCCN2C(=O)[C@H]2CCN[C@@H](C)C2)cc1. The van der Waals surface area contributed by atoms with E-state index < -0.39 is 0 Å². The average molecular weight is 318 g/mol. The number of carbonyl (C=O) groups is 1. The molecule has 0 bridgehead atoms. The first-order chi connectivity index (χ1) is 10.6. The van der Waals surface area contributed by atoms with Crippen LogP contribution in [0.25, 0.3) is 0 Å². The zero-order chi connectivity index (χ0) is 15.5. The molecule has 2 aliphatic rings. The fourth-order valence-electron chi connectivity index (χ4n) is 3.52. The molecular formula is C18H26N2OS. The highest BCUT2D eigenvalue weighted by atomic mass is 32.2. The highest BCUT2D eigenvalue weighted by molar-refractivity contribution is 7.99. The molecule has 2 aliphatic heterocycles. The maximum atomic E-state index is 13.0. The number of rotatable bonds is 2. The molecule has 2 heterocycles. The van der Waals surface area contributed by atoms with Gasteiger partial charge in [0.1, 0.15) is 0 Å². The molecule has 3 atom stereocenters. The molecule has 0 spiro atoms. The summed E-state index contributed by atoms with van der Waals surface area (Å²) in [5, 5.41) is 3.44. The number of hydrogen-bond donors (Lipinski definition) is 1. The molecule has 1 amide bonds. The first kappa shape index (κ1) is 15.9. The summed E-state index contributed by atoms with van der Waals surface area (Å²) in [5.74, 6) is 2.66. The second-order valence-corrected chi connectivity index (χ2v) is 7.76. The van der Waals surface area contributed by atoms with Gasteiger partial charge in [0.25, 0.3) is 0 Å². The molecule has 4 heteroatoms. The van der Waals surface area contributed by atoms with E-state index in [-0.39, 0.29) is 12.0 Å². The first-order valence-electron chi connectivity index (χ1n) is 8.33. The van der Waals surface area contributed by atoms with Gasteiger partial charge in [-0.3, -0.25) is 4.79 Å². The lowest BCUT2D eigenvalue weighted by atomic mass is 9.91. The summed E-state index contributed by atoms with van der Waals surface area (Å²) >= 11 is 1.96. The molecule has 1 unspecified atom stereocenters. The van der Waals surface area contributed by atoms with Crippen molar-refractivity contribution in [3.63, 3.8) is 0 Å². The van der Waals surface area contributed by atoms with E-state index in [1.807, 2.05) is 11.8 Å². The van der Waals surface area contributed by atoms with Gasteiger partial charge in [-0.05, 0) is 38.8 Å². The number of piperidine rings is 1. The van der Waals surface area contributed by atoms with Crippen LogP contribution in [0.15, 0.2) is 24.3 Å². The van der Waals surface area contributed by atoms with E-state index >= 15 is 0 Å². The Hall–Kier alpha value is -1.00. The molecule has 1 aromatic carbocycles. The van der Waals surface area contributed by atoms with Crippen molar-refractivity contribution in [3.8, 4) is 0 Å². The summed E-state index contributed by atoms with van der Waals surface area (Å²) in [6, 6.07) is 9.40. The van der Waals surface area contributed by atoms with Crippen LogP contribution < -0.4 is 5.32 Å². The molecule has 2 saturated heterocycles. The van der Waals surface area contributed by atoms with E-state index in [0.29, 0.717) is 11.9 Å². The first-order valence-corrected chi connectivity index (χ1v) is 9.49. The third-order valence-electron chi connectivity index (χ3n) is 4.85. The van der Waals surface area contributed by atoms with Gasteiger partial charge in [-0.15, -0.1) is 0 Å². The van der Waals surface area contributed by atoms with Crippen LogP contribution in [0.2, 0.25) is 0 Å². The number of aryl methyl sites for hydroxylation is 1. The molecule has 120 valence electrons. The van der Waals surface area contributed by atoms with Crippen LogP contribution in [0.1, 0.15) is 36.9 Å². The number of nitrogens with zero attached hydrogens (tertiary/aromatic N) is 1. The van der Waals surface area contributed by atoms with Crippen molar-refractivity contribution in [1.82, 2.24) is 10.2 Å². The summed E-state index contributed by atoms with van der Waals surface area (Å²) < 4.78 is 0. The standard InChI is InChI=1S/C18H26N2OS/c1-13-3-5-15(6-4-13)17-12-22-10-9-20(17)18(21)16-7-8-19-14(2)11-16/h3-6,14,16-17,19H,7-12H2,1-2H3/t14-,16-,17?/m0/s1. The molecule has 1 aromatic rings. The minimum atomic E-state index is 0.201. The van der Waals surface area contributed by atoms with Crippen molar-refractivity contribution in [1.29, 1.82) is 0 Å². The predicted molar refractivity (Wildman–Crippen MR) is 93.1 cm³/mol. The zero-order valence-electron chi connectivity index (χ0n) is 13.5. The van der Waals surface area contributed by atoms with Crippen LogP contribution in [0.4, 0.5) is 0 Å². The number of amides is 1. The lowest BCUT2D eigenvalue weighted by Crippen LogP contribution is -2.47. The fraction of sp³-hybridized carbons (Fsp3) is 0.611. The van der Waals surface area contributed by atoms with Crippen LogP contribution in [0.5, 0.6) is 0 Å².